The van der Waals surface area contributed by atoms with Crippen molar-refractivity contribution in [3.8, 4) is 0 Å². The van der Waals surface area contributed by atoms with Crippen molar-refractivity contribution < 1.29 is 9.05 Å². The maximum atomic E-state index is 6.74. The molecule has 3 rings (SSSR count). The molecule has 2 aliphatic rings. The molecule has 2 fully saturated rings. The van der Waals surface area contributed by atoms with Crippen molar-refractivity contribution in [2.45, 2.75) is 57.3 Å². The van der Waals surface area contributed by atoms with Crippen LogP contribution < -0.4 is 5.30 Å². The predicted molar refractivity (Wildman–Crippen MR) is 86.9 cm³/mol. The van der Waals surface area contributed by atoms with Gasteiger partial charge in [0.05, 0.1) is 0 Å². The van der Waals surface area contributed by atoms with Crippen LogP contribution in [0.5, 0.6) is 0 Å². The summed E-state index contributed by atoms with van der Waals surface area (Å²) >= 11 is 0. The van der Waals surface area contributed by atoms with Gasteiger partial charge in [0, 0.05) is 0 Å². The molecular formula is C17H27O2P. The maximum absolute atomic E-state index is 6.74. The molecule has 0 bridgehead atoms. The quantitative estimate of drug-likeness (QED) is 0.711. The Bertz CT molecular complexity index is 481. The van der Waals surface area contributed by atoms with Gasteiger partial charge in [-0.05, 0) is 0 Å². The number of rotatable bonds is 1. The topological polar surface area (TPSA) is 18.5 Å². The molecule has 0 radical (unpaired) electrons. The second-order valence-corrected chi connectivity index (χ2v) is 12.8. The summed E-state index contributed by atoms with van der Waals surface area (Å²) in [5.74, 6) is 0. The molecule has 1 aromatic carbocycles. The van der Waals surface area contributed by atoms with Gasteiger partial charge in [-0.1, -0.05) is 0 Å². The van der Waals surface area contributed by atoms with Crippen LogP contribution in [0.3, 0.4) is 0 Å². The molecule has 2 nitrogen and oxygen atoms in total. The van der Waals surface area contributed by atoms with Gasteiger partial charge in [0.2, 0.25) is 0 Å². The fraction of sp³-hybridized carbons (Fsp3) is 0.647. The van der Waals surface area contributed by atoms with E-state index in [9.17, 15) is 0 Å². The van der Waals surface area contributed by atoms with Crippen molar-refractivity contribution in [1.29, 1.82) is 0 Å². The molecule has 1 spiro atoms. The van der Waals surface area contributed by atoms with E-state index in [4.69, 9.17) is 9.05 Å². The van der Waals surface area contributed by atoms with E-state index in [1.54, 1.807) is 0 Å². The fourth-order valence-corrected chi connectivity index (χ4v) is 12.6. The molecule has 0 saturated carbocycles. The van der Waals surface area contributed by atoms with Gasteiger partial charge in [0.25, 0.3) is 0 Å². The minimum absolute atomic E-state index is 0.0980. The molecule has 1 aromatic rings. The molecular weight excluding hydrogens is 267 g/mol. The molecule has 0 amide bonds. The van der Waals surface area contributed by atoms with Gasteiger partial charge in [0.1, 0.15) is 0 Å². The first-order chi connectivity index (χ1) is 9.36. The first-order valence-electron chi connectivity index (χ1n) is 7.73. The first-order valence-corrected chi connectivity index (χ1v) is 9.80. The molecule has 112 valence electrons. The number of benzene rings is 1. The molecule has 2 aliphatic heterocycles. The van der Waals surface area contributed by atoms with Crippen molar-refractivity contribution >= 4 is 12.4 Å². The summed E-state index contributed by atoms with van der Waals surface area (Å²) in [6, 6.07) is 10.8. The molecule has 0 atom stereocenters. The van der Waals surface area contributed by atoms with Crippen LogP contribution in [0.25, 0.3) is 0 Å². The molecule has 2 heterocycles. The Morgan fingerprint density at radius 1 is 0.850 bits per heavy atom. The second kappa shape index (κ2) is 4.29. The van der Waals surface area contributed by atoms with Crippen molar-refractivity contribution in [3.63, 3.8) is 0 Å². The predicted octanol–water partition coefficient (Wildman–Crippen LogP) is 4.48. The Labute approximate surface area is 123 Å². The van der Waals surface area contributed by atoms with E-state index in [0.29, 0.717) is 0 Å². The van der Waals surface area contributed by atoms with Gasteiger partial charge < -0.3 is 0 Å². The van der Waals surface area contributed by atoms with Crippen LogP contribution in [-0.2, 0) is 9.05 Å². The third-order valence-corrected chi connectivity index (χ3v) is 12.8. The zero-order valence-electron chi connectivity index (χ0n) is 13.2. The molecule has 3 heteroatoms. The SMILES string of the molecule is CC1(C)CC(C)(C)P12(c1ccccc1)OCCCCO2. The van der Waals surface area contributed by atoms with E-state index < -0.39 is 7.06 Å². The van der Waals surface area contributed by atoms with E-state index in [2.05, 4.69) is 58.0 Å². The molecule has 20 heavy (non-hydrogen) atoms. The van der Waals surface area contributed by atoms with Gasteiger partial charge in [-0.3, -0.25) is 0 Å². The van der Waals surface area contributed by atoms with Crippen molar-refractivity contribution in [1.82, 2.24) is 0 Å². The zero-order chi connectivity index (χ0) is 14.5. The van der Waals surface area contributed by atoms with Gasteiger partial charge >= 0.3 is 122 Å². The van der Waals surface area contributed by atoms with E-state index in [1.807, 2.05) is 0 Å². The third kappa shape index (κ3) is 1.41. The summed E-state index contributed by atoms with van der Waals surface area (Å²) in [6.45, 7) is 11.0. The fourth-order valence-electron chi connectivity index (χ4n) is 5.04. The Hall–Kier alpha value is -0.430. The van der Waals surface area contributed by atoms with E-state index >= 15 is 0 Å². The van der Waals surface area contributed by atoms with Crippen molar-refractivity contribution in [2.24, 2.45) is 0 Å². The summed E-state index contributed by atoms with van der Waals surface area (Å²) in [7, 11) is -2.86. The normalized spacial score (nSPS) is 31.5. The summed E-state index contributed by atoms with van der Waals surface area (Å²) in [4.78, 5) is 0. The second-order valence-electron chi connectivity index (χ2n) is 7.47. The van der Waals surface area contributed by atoms with Gasteiger partial charge in [0.15, 0.2) is 0 Å². The Morgan fingerprint density at radius 3 is 1.80 bits per heavy atom. The van der Waals surface area contributed by atoms with Crippen LogP contribution >= 0.6 is 7.06 Å². The molecule has 2 saturated heterocycles. The van der Waals surface area contributed by atoms with Gasteiger partial charge in [-0.2, -0.15) is 0 Å². The minimum atomic E-state index is -2.86. The Kier molecular flexibility index (Phi) is 3.11. The molecule has 0 N–H and O–H groups in total. The average molecular weight is 294 g/mol. The van der Waals surface area contributed by atoms with Crippen LogP contribution in [-0.4, -0.2) is 23.5 Å². The van der Waals surface area contributed by atoms with Crippen molar-refractivity contribution in [2.75, 3.05) is 13.2 Å². The van der Waals surface area contributed by atoms with E-state index in [1.165, 1.54) is 5.30 Å². The van der Waals surface area contributed by atoms with E-state index in [-0.39, 0.29) is 10.3 Å². The number of hydrogen-bond acceptors (Lipinski definition) is 2. The average Bonchev–Trinajstić information content (AvgIpc) is 2.64. The van der Waals surface area contributed by atoms with Gasteiger partial charge in [-0.15, -0.1) is 0 Å². The number of hydrogen-bond donors (Lipinski definition) is 0. The molecule has 0 aliphatic carbocycles. The van der Waals surface area contributed by atoms with Crippen LogP contribution in [0, 0.1) is 0 Å². The van der Waals surface area contributed by atoms with Crippen LogP contribution in [0.4, 0.5) is 0 Å². The Balaban J connectivity index is 2.28. The van der Waals surface area contributed by atoms with Crippen LogP contribution in [0.1, 0.15) is 47.0 Å². The summed E-state index contributed by atoms with van der Waals surface area (Å²) in [5.41, 5.74) is 0. The standard InChI is InChI=1S/C17H27O2P/c1-16(2)14-17(3,4)20(16,15-10-6-5-7-11-15)18-12-8-9-13-19-20/h5-7,10-11H,8-9,12-14H2,1-4H3. The summed E-state index contributed by atoms with van der Waals surface area (Å²) in [5, 5.41) is 1.50. The van der Waals surface area contributed by atoms with Gasteiger partial charge in [-0.25, -0.2) is 0 Å². The summed E-state index contributed by atoms with van der Waals surface area (Å²) < 4.78 is 13.5. The van der Waals surface area contributed by atoms with Crippen LogP contribution in [0.15, 0.2) is 30.3 Å². The monoisotopic (exact) mass is 294 g/mol. The zero-order valence-corrected chi connectivity index (χ0v) is 14.1. The van der Waals surface area contributed by atoms with Crippen molar-refractivity contribution in [3.05, 3.63) is 30.3 Å². The molecule has 0 unspecified atom stereocenters. The van der Waals surface area contributed by atoms with E-state index in [0.717, 1.165) is 32.5 Å². The Morgan fingerprint density at radius 2 is 1.35 bits per heavy atom. The first kappa shape index (κ1) is 14.5. The summed E-state index contributed by atoms with van der Waals surface area (Å²) in [6.07, 6.45) is 3.38. The van der Waals surface area contributed by atoms with Crippen LogP contribution in [0.2, 0.25) is 0 Å². The molecule has 0 aromatic heterocycles. The third-order valence-electron chi connectivity index (χ3n) is 5.50.